The fraction of sp³-hybridized carbons (Fsp3) is 0.676. The lowest BCUT2D eigenvalue weighted by Crippen LogP contribution is -2.55. The van der Waals surface area contributed by atoms with E-state index < -0.39 is 69.7 Å². The minimum absolute atomic E-state index is 0.00656. The van der Waals surface area contributed by atoms with Gasteiger partial charge in [-0.3, -0.25) is 14.4 Å². The second-order valence-electron chi connectivity index (χ2n) is 14.1. The third-order valence-electron chi connectivity index (χ3n) is 10.0. The zero-order chi connectivity index (χ0) is 37.5. The lowest BCUT2D eigenvalue weighted by molar-refractivity contribution is -0.159. The Morgan fingerprint density at radius 1 is 1.06 bits per heavy atom. The molecule has 3 N–H and O–H groups in total. The largest absolute Gasteiger partial charge is 0.471 e. The van der Waals surface area contributed by atoms with Crippen LogP contribution < -0.4 is 15.4 Å². The van der Waals surface area contributed by atoms with Crippen molar-refractivity contribution >= 4 is 39.2 Å². The fourth-order valence-electron chi connectivity index (χ4n) is 7.32. The highest BCUT2D eigenvalue weighted by molar-refractivity contribution is 7.88. The summed E-state index contributed by atoms with van der Waals surface area (Å²) < 4.78 is 77.6. The van der Waals surface area contributed by atoms with Gasteiger partial charge in [0.25, 0.3) is 0 Å². The summed E-state index contributed by atoms with van der Waals surface area (Å²) in [6, 6.07) is 3.33. The molecule has 2 aliphatic heterocycles. The number of benzene rings is 1. The first-order valence-corrected chi connectivity index (χ1v) is 20.0. The molecular formula is C34H46ClF3N6O7S. The van der Waals surface area contributed by atoms with Crippen LogP contribution in [0.25, 0.3) is 0 Å². The third kappa shape index (κ3) is 11.4. The first-order chi connectivity index (χ1) is 24.7. The van der Waals surface area contributed by atoms with Gasteiger partial charge in [-0.05, 0) is 74.7 Å². The average molecular weight is 775 g/mol. The van der Waals surface area contributed by atoms with E-state index in [1.54, 1.807) is 24.3 Å². The Labute approximate surface area is 306 Å². The molecule has 0 spiro atoms. The summed E-state index contributed by atoms with van der Waals surface area (Å²) in [4.78, 5) is 46.6. The number of ketones is 1. The van der Waals surface area contributed by atoms with Crippen LogP contribution in [0.2, 0.25) is 5.02 Å². The number of carbonyl (C=O) groups is 3. The van der Waals surface area contributed by atoms with Crippen molar-refractivity contribution in [3.63, 3.8) is 0 Å². The lowest BCUT2D eigenvalue weighted by Gasteiger charge is -2.31. The van der Waals surface area contributed by atoms with E-state index in [1.165, 1.54) is 4.90 Å². The Balaban J connectivity index is 1.38. The zero-order valence-electron chi connectivity index (χ0n) is 29.0. The van der Waals surface area contributed by atoms with Crippen LogP contribution in [-0.4, -0.2) is 91.2 Å². The van der Waals surface area contributed by atoms with Crippen LogP contribution in [0.15, 0.2) is 28.8 Å². The van der Waals surface area contributed by atoms with Crippen LogP contribution in [-0.2, 0) is 37.1 Å². The number of aromatic nitrogens is 2. The fourth-order valence-corrected chi connectivity index (χ4v) is 8.18. The molecule has 1 aliphatic carbocycles. The molecule has 4 atom stereocenters. The van der Waals surface area contributed by atoms with Gasteiger partial charge in [0.05, 0.1) is 25.0 Å². The van der Waals surface area contributed by atoms with E-state index in [2.05, 4.69) is 30.0 Å². The van der Waals surface area contributed by atoms with Crippen molar-refractivity contribution in [2.45, 2.75) is 108 Å². The normalized spacial score (nSPS) is 21.9. The predicted octanol–water partition coefficient (Wildman–Crippen LogP) is 4.26. The Morgan fingerprint density at radius 2 is 1.75 bits per heavy atom. The van der Waals surface area contributed by atoms with Crippen molar-refractivity contribution < 1.29 is 45.2 Å². The molecule has 3 heterocycles. The molecule has 2 aromatic rings. The molecule has 3 fully saturated rings. The van der Waals surface area contributed by atoms with E-state index in [1.807, 2.05) is 0 Å². The smallest absolute Gasteiger partial charge is 0.372 e. The molecule has 18 heteroatoms. The van der Waals surface area contributed by atoms with Crippen molar-refractivity contribution in [2.24, 2.45) is 11.8 Å². The van der Waals surface area contributed by atoms with Gasteiger partial charge >= 0.3 is 12.1 Å². The van der Waals surface area contributed by atoms with Gasteiger partial charge in [-0.15, -0.1) is 0 Å². The van der Waals surface area contributed by atoms with Crippen molar-refractivity contribution in [1.82, 2.24) is 30.4 Å². The highest BCUT2D eigenvalue weighted by atomic mass is 35.5. The number of alkyl halides is 3. The first-order valence-electron chi connectivity index (χ1n) is 17.8. The third-order valence-corrected chi connectivity index (χ3v) is 11.0. The lowest BCUT2D eigenvalue weighted by atomic mass is 9.84. The number of nitrogens with one attached hydrogen (secondary N) is 3. The van der Waals surface area contributed by atoms with Crippen LogP contribution in [0.3, 0.4) is 0 Å². The summed E-state index contributed by atoms with van der Waals surface area (Å²) in [7, 11) is -3.84. The molecule has 0 bridgehead atoms. The number of Topliss-reactive ketones (excluding diaryl/α,β-unsaturated/α-hetero) is 1. The SMILES string of the molecule is CS(=O)(=O)N[C@H](CCC1CCNCC1)C(=O)N1C[C@H](OCc2ccc(Cl)cc2)C[C@H]1C(=O)N[C@@H](CC1CCCCC1)C(=O)c1noc(C(F)(F)F)n1. The molecule has 0 radical (unpaired) electrons. The predicted molar refractivity (Wildman–Crippen MR) is 183 cm³/mol. The highest BCUT2D eigenvalue weighted by Crippen LogP contribution is 2.31. The van der Waals surface area contributed by atoms with Crippen molar-refractivity contribution in [3.05, 3.63) is 46.6 Å². The standard InChI is InChI=1S/C34H46ClF3N6O7S/c1-52(48,49)43-26(12-9-21-13-15-39-16-14-21)32(47)44-19-25(50-20-23-7-10-24(35)11-8-23)18-28(44)31(46)40-27(17-22-5-3-2-4-6-22)29(45)30-41-33(51-42-30)34(36,37)38/h7-8,10-11,21-22,25-28,39,43H,2-6,9,12-20H2,1H3,(H,40,46)/t25-,26-,27+,28+/m1/s1. The number of likely N-dealkylation sites (tertiary alicyclic amines) is 1. The maximum absolute atomic E-state index is 14.3. The first kappa shape index (κ1) is 40.1. The zero-order valence-corrected chi connectivity index (χ0v) is 30.6. The molecular weight excluding hydrogens is 729 g/mol. The highest BCUT2D eigenvalue weighted by Gasteiger charge is 2.45. The second kappa shape index (κ2) is 17.8. The molecule has 1 aromatic carbocycles. The van der Waals surface area contributed by atoms with E-state index in [0.29, 0.717) is 17.4 Å². The number of sulfonamides is 1. The van der Waals surface area contributed by atoms with Crippen molar-refractivity contribution in [1.29, 1.82) is 0 Å². The van der Waals surface area contributed by atoms with Gasteiger partial charge in [0.2, 0.25) is 33.4 Å². The van der Waals surface area contributed by atoms with Gasteiger partial charge in [-0.2, -0.15) is 18.2 Å². The molecule has 2 amide bonds. The molecule has 52 heavy (non-hydrogen) atoms. The summed E-state index contributed by atoms with van der Waals surface area (Å²) in [5.41, 5.74) is 0.797. The van der Waals surface area contributed by atoms with Crippen LogP contribution in [0, 0.1) is 11.8 Å². The molecule has 1 saturated carbocycles. The number of nitrogens with zero attached hydrogens (tertiary/aromatic N) is 3. The number of hydrogen-bond donors (Lipinski definition) is 3. The van der Waals surface area contributed by atoms with E-state index in [9.17, 15) is 36.0 Å². The number of amides is 2. The van der Waals surface area contributed by atoms with Crippen molar-refractivity contribution in [3.8, 4) is 0 Å². The molecule has 2 saturated heterocycles. The van der Waals surface area contributed by atoms with Gasteiger partial charge in [0.15, 0.2) is 0 Å². The molecule has 13 nitrogen and oxygen atoms in total. The van der Waals surface area contributed by atoms with Gasteiger partial charge in [-0.25, -0.2) is 13.1 Å². The van der Waals surface area contributed by atoms with Crippen LogP contribution in [0.5, 0.6) is 0 Å². The number of ether oxygens (including phenoxy) is 1. The van der Waals surface area contributed by atoms with E-state index in [4.69, 9.17) is 16.3 Å². The monoisotopic (exact) mass is 774 g/mol. The van der Waals surface area contributed by atoms with E-state index in [0.717, 1.165) is 69.9 Å². The summed E-state index contributed by atoms with van der Waals surface area (Å²) in [5, 5.41) is 9.80. The summed E-state index contributed by atoms with van der Waals surface area (Å²) in [6.07, 6.45) is 2.44. The maximum atomic E-state index is 14.3. The molecule has 3 aliphatic rings. The topological polar surface area (TPSA) is 173 Å². The van der Waals surface area contributed by atoms with Crippen molar-refractivity contribution in [2.75, 3.05) is 25.9 Å². The van der Waals surface area contributed by atoms with Crippen LogP contribution >= 0.6 is 11.6 Å². The maximum Gasteiger partial charge on any atom is 0.471 e. The van der Waals surface area contributed by atoms with Gasteiger partial charge < -0.3 is 24.8 Å². The van der Waals surface area contributed by atoms with Gasteiger partial charge in [0.1, 0.15) is 12.1 Å². The number of carbonyl (C=O) groups excluding carboxylic acids is 3. The molecule has 1 aromatic heterocycles. The van der Waals surface area contributed by atoms with Crippen LogP contribution in [0.1, 0.15) is 92.7 Å². The Kier molecular flexibility index (Phi) is 13.7. The van der Waals surface area contributed by atoms with E-state index >= 15 is 0 Å². The summed E-state index contributed by atoms with van der Waals surface area (Å²) in [5.74, 6) is -4.47. The Morgan fingerprint density at radius 3 is 2.38 bits per heavy atom. The second-order valence-corrected chi connectivity index (χ2v) is 16.3. The van der Waals surface area contributed by atoms with Gasteiger partial charge in [-0.1, -0.05) is 61.0 Å². The average Bonchev–Trinajstić information content (AvgIpc) is 3.78. The number of hydrogen-bond acceptors (Lipinski definition) is 10. The number of halogens is 4. The summed E-state index contributed by atoms with van der Waals surface area (Å²) >= 11 is 6.01. The van der Waals surface area contributed by atoms with Crippen LogP contribution in [0.4, 0.5) is 13.2 Å². The molecule has 0 unspecified atom stereocenters. The molecule has 5 rings (SSSR count). The molecule has 288 valence electrons. The Bertz CT molecular complexity index is 1630. The van der Waals surface area contributed by atoms with Gasteiger partial charge in [0, 0.05) is 18.0 Å². The number of piperidine rings is 1. The summed E-state index contributed by atoms with van der Waals surface area (Å²) in [6.45, 7) is 1.75. The minimum atomic E-state index is -4.97. The number of rotatable bonds is 15. The van der Waals surface area contributed by atoms with E-state index in [-0.39, 0.29) is 38.3 Å². The Hall–Kier alpha value is -3.12. The quantitative estimate of drug-likeness (QED) is 0.222. The minimum Gasteiger partial charge on any atom is -0.372 e.